The number of nitrogens with zero attached hydrogens (tertiary/aromatic N) is 3. The first kappa shape index (κ1) is 22.4. The van der Waals surface area contributed by atoms with Gasteiger partial charge in [0.25, 0.3) is 0 Å². The number of piperidine rings is 1. The fourth-order valence-corrected chi connectivity index (χ4v) is 5.90. The number of benzene rings is 1. The van der Waals surface area contributed by atoms with Crippen molar-refractivity contribution in [3.05, 3.63) is 41.5 Å². The third-order valence-corrected chi connectivity index (χ3v) is 8.51. The lowest BCUT2D eigenvalue weighted by Gasteiger charge is -2.31. The van der Waals surface area contributed by atoms with E-state index < -0.39 is 10.0 Å². The van der Waals surface area contributed by atoms with E-state index in [1.54, 1.807) is 16.4 Å². The molecule has 8 heteroatoms. The van der Waals surface area contributed by atoms with Gasteiger partial charge in [0.2, 0.25) is 15.9 Å². The Bertz CT molecular complexity index is 941. The van der Waals surface area contributed by atoms with Gasteiger partial charge in [-0.15, -0.1) is 0 Å². The van der Waals surface area contributed by atoms with Gasteiger partial charge in [-0.1, -0.05) is 31.1 Å². The minimum atomic E-state index is -3.42. The minimum absolute atomic E-state index is 0.342. The summed E-state index contributed by atoms with van der Waals surface area (Å²) in [6, 6.07) is 7.32. The van der Waals surface area contributed by atoms with E-state index >= 15 is 0 Å². The molecule has 2 aromatic rings. The molecule has 2 saturated heterocycles. The van der Waals surface area contributed by atoms with Crippen molar-refractivity contribution in [1.82, 2.24) is 14.4 Å². The maximum atomic E-state index is 13.0. The van der Waals surface area contributed by atoms with Crippen molar-refractivity contribution < 1.29 is 17.7 Å². The molecular formula is C23H33N3O4S. The molecule has 0 amide bonds. The second-order valence-corrected chi connectivity index (χ2v) is 11.0. The van der Waals surface area contributed by atoms with Gasteiger partial charge in [0.1, 0.15) is 0 Å². The van der Waals surface area contributed by atoms with E-state index in [0.29, 0.717) is 41.6 Å². The van der Waals surface area contributed by atoms with Crippen LogP contribution in [0.4, 0.5) is 0 Å². The summed E-state index contributed by atoms with van der Waals surface area (Å²) in [7, 11) is -3.42. The minimum Gasteiger partial charge on any atom is -0.381 e. The Kier molecular flexibility index (Phi) is 7.08. The van der Waals surface area contributed by atoms with Crippen LogP contribution in [0.25, 0.3) is 0 Å². The van der Waals surface area contributed by atoms with Crippen LogP contribution >= 0.6 is 0 Å². The number of sulfonamides is 1. The normalized spacial score (nSPS) is 19.8. The Balaban J connectivity index is 1.27. The molecule has 0 aliphatic carbocycles. The Morgan fingerprint density at radius 2 is 1.74 bits per heavy atom. The molecule has 0 atom stereocenters. The van der Waals surface area contributed by atoms with Gasteiger partial charge < -0.3 is 9.26 Å². The first-order chi connectivity index (χ1) is 14.9. The van der Waals surface area contributed by atoms with Crippen LogP contribution < -0.4 is 0 Å². The zero-order valence-electron chi connectivity index (χ0n) is 18.5. The van der Waals surface area contributed by atoms with Crippen LogP contribution in [0, 0.1) is 5.92 Å². The van der Waals surface area contributed by atoms with Crippen LogP contribution in [0.2, 0.25) is 0 Å². The van der Waals surface area contributed by atoms with Crippen LogP contribution in [-0.4, -0.2) is 49.2 Å². The number of aromatic nitrogens is 2. The van der Waals surface area contributed by atoms with Gasteiger partial charge in [-0.3, -0.25) is 0 Å². The topological polar surface area (TPSA) is 85.5 Å². The third-order valence-electron chi connectivity index (χ3n) is 6.59. The summed E-state index contributed by atoms with van der Waals surface area (Å²) in [5.41, 5.74) is 1.15. The van der Waals surface area contributed by atoms with Gasteiger partial charge in [0, 0.05) is 38.6 Å². The quantitative estimate of drug-likeness (QED) is 0.635. The molecule has 0 spiro atoms. The van der Waals surface area contributed by atoms with Crippen molar-refractivity contribution in [2.75, 3.05) is 26.3 Å². The molecule has 7 nitrogen and oxygen atoms in total. The van der Waals surface area contributed by atoms with Crippen molar-refractivity contribution >= 4 is 10.0 Å². The van der Waals surface area contributed by atoms with Crippen molar-refractivity contribution in [3.63, 3.8) is 0 Å². The summed E-state index contributed by atoms with van der Waals surface area (Å²) in [4.78, 5) is 4.98. The molecule has 4 rings (SSSR count). The van der Waals surface area contributed by atoms with E-state index in [0.717, 1.165) is 63.1 Å². The molecule has 1 aromatic carbocycles. The fourth-order valence-electron chi connectivity index (χ4n) is 4.43. The van der Waals surface area contributed by atoms with E-state index in [-0.39, 0.29) is 0 Å². The highest BCUT2D eigenvalue weighted by Crippen LogP contribution is 2.28. The number of hydrogen-bond acceptors (Lipinski definition) is 6. The van der Waals surface area contributed by atoms with Crippen LogP contribution in [0.1, 0.15) is 75.1 Å². The summed E-state index contributed by atoms with van der Waals surface area (Å²) in [5, 5.41) is 4.17. The van der Waals surface area contributed by atoms with E-state index in [1.165, 1.54) is 0 Å². The molecule has 0 saturated carbocycles. The second kappa shape index (κ2) is 9.79. The van der Waals surface area contributed by atoms with Crippen LogP contribution in [0.15, 0.2) is 33.7 Å². The zero-order valence-corrected chi connectivity index (χ0v) is 19.3. The molecular weight excluding hydrogens is 414 g/mol. The number of rotatable bonds is 7. The molecule has 0 bridgehead atoms. The monoisotopic (exact) mass is 447 g/mol. The molecule has 0 unspecified atom stereocenters. The van der Waals surface area contributed by atoms with Crippen molar-refractivity contribution in [2.45, 2.75) is 69.1 Å². The van der Waals surface area contributed by atoms with Crippen molar-refractivity contribution in [3.8, 4) is 0 Å². The van der Waals surface area contributed by atoms with Crippen LogP contribution in [0.3, 0.4) is 0 Å². The number of ether oxygens (including phenoxy) is 1. The Morgan fingerprint density at radius 3 is 2.39 bits per heavy atom. The zero-order chi connectivity index (χ0) is 21.8. The van der Waals surface area contributed by atoms with Gasteiger partial charge >= 0.3 is 0 Å². The van der Waals surface area contributed by atoms with Crippen molar-refractivity contribution in [2.24, 2.45) is 5.92 Å². The summed E-state index contributed by atoms with van der Waals surface area (Å²) < 4.78 is 38.5. The van der Waals surface area contributed by atoms with Crippen LogP contribution in [0.5, 0.6) is 0 Å². The van der Waals surface area contributed by atoms with E-state index in [4.69, 9.17) is 9.26 Å². The van der Waals surface area contributed by atoms with Gasteiger partial charge in [0.05, 0.1) is 4.90 Å². The highest BCUT2D eigenvalue weighted by molar-refractivity contribution is 7.89. The third kappa shape index (κ3) is 5.35. The number of aryl methyl sites for hydroxylation is 1. The highest BCUT2D eigenvalue weighted by atomic mass is 32.2. The molecule has 2 aliphatic heterocycles. The van der Waals surface area contributed by atoms with E-state index in [1.807, 2.05) is 12.1 Å². The molecule has 170 valence electrons. The maximum absolute atomic E-state index is 13.0. The standard InChI is InChI=1S/C23H33N3O4S/c1-17(2)19-4-6-21(7-5-19)31(27,28)26-13-9-18(10-14-26)3-8-22-24-23(25-30-22)20-11-15-29-16-12-20/h4-7,17-18,20H,3,8-16H2,1-2H3. The largest absolute Gasteiger partial charge is 0.381 e. The Labute approximate surface area is 185 Å². The van der Waals surface area contributed by atoms with Gasteiger partial charge in [0.15, 0.2) is 5.82 Å². The average molecular weight is 448 g/mol. The lowest BCUT2D eigenvalue weighted by molar-refractivity contribution is 0.0830. The second-order valence-electron chi connectivity index (χ2n) is 9.04. The molecule has 0 N–H and O–H groups in total. The van der Waals surface area contributed by atoms with E-state index in [2.05, 4.69) is 24.0 Å². The van der Waals surface area contributed by atoms with Crippen LogP contribution in [-0.2, 0) is 21.2 Å². The lowest BCUT2D eigenvalue weighted by atomic mass is 9.93. The van der Waals surface area contributed by atoms with Crippen molar-refractivity contribution in [1.29, 1.82) is 0 Å². The summed E-state index contributed by atoms with van der Waals surface area (Å²) in [5.74, 6) is 2.71. The maximum Gasteiger partial charge on any atom is 0.243 e. The van der Waals surface area contributed by atoms with Gasteiger partial charge in [-0.05, 0) is 61.6 Å². The van der Waals surface area contributed by atoms with Gasteiger partial charge in [-0.2, -0.15) is 9.29 Å². The molecule has 0 radical (unpaired) electrons. The van der Waals surface area contributed by atoms with Gasteiger partial charge in [-0.25, -0.2) is 8.42 Å². The Morgan fingerprint density at radius 1 is 1.06 bits per heavy atom. The SMILES string of the molecule is CC(C)c1ccc(S(=O)(=O)N2CCC(CCc3nc(C4CCOCC4)no3)CC2)cc1. The lowest BCUT2D eigenvalue weighted by Crippen LogP contribution is -2.38. The molecule has 31 heavy (non-hydrogen) atoms. The first-order valence-corrected chi connectivity index (χ1v) is 12.9. The predicted octanol–water partition coefficient (Wildman–Crippen LogP) is 4.12. The fraction of sp³-hybridized carbons (Fsp3) is 0.652. The van der Waals surface area contributed by atoms with E-state index in [9.17, 15) is 8.42 Å². The Hall–Kier alpha value is -1.77. The average Bonchev–Trinajstić information content (AvgIpc) is 3.28. The summed E-state index contributed by atoms with van der Waals surface area (Å²) >= 11 is 0. The number of hydrogen-bond donors (Lipinski definition) is 0. The highest BCUT2D eigenvalue weighted by Gasteiger charge is 2.29. The molecule has 2 fully saturated rings. The summed E-state index contributed by atoms with van der Waals surface area (Å²) in [6.45, 7) is 6.87. The predicted molar refractivity (Wildman–Crippen MR) is 117 cm³/mol. The smallest absolute Gasteiger partial charge is 0.243 e. The molecule has 2 aliphatic rings. The molecule has 1 aromatic heterocycles. The summed E-state index contributed by atoms with van der Waals surface area (Å²) in [6.07, 6.45) is 5.34. The molecule has 3 heterocycles. The first-order valence-electron chi connectivity index (χ1n) is 11.4.